The standard InChI is InChI=1S/C15H19N5O2.CH5N.CH2O/c1-18-14(10-15(17-18)20(21)22)12-6-5-11(9-13(12)16)19-7-3-2-4-8-19;2*1-2/h5-6,9-10H,2-4,7-8,16H2,1H3;2H2,1H3;1H2. The summed E-state index contributed by atoms with van der Waals surface area (Å²) >= 11 is 0. The number of aromatic nitrogens is 2. The minimum absolute atomic E-state index is 0.169. The fourth-order valence-electron chi connectivity index (χ4n) is 2.93. The molecule has 0 radical (unpaired) electrons. The summed E-state index contributed by atoms with van der Waals surface area (Å²) in [5.41, 5.74) is 13.8. The van der Waals surface area contributed by atoms with Crippen molar-refractivity contribution in [1.29, 1.82) is 0 Å². The van der Waals surface area contributed by atoms with Crippen LogP contribution in [-0.4, -0.2) is 41.6 Å². The van der Waals surface area contributed by atoms with Gasteiger partial charge in [-0.3, -0.25) is 0 Å². The van der Waals surface area contributed by atoms with Crippen LogP contribution in [0.25, 0.3) is 11.3 Å². The summed E-state index contributed by atoms with van der Waals surface area (Å²) in [5.74, 6) is -0.169. The van der Waals surface area contributed by atoms with Crippen molar-refractivity contribution in [2.75, 3.05) is 30.8 Å². The van der Waals surface area contributed by atoms with Crippen LogP contribution in [0.2, 0.25) is 0 Å². The fraction of sp³-hybridized carbons (Fsp3) is 0.412. The predicted octanol–water partition coefficient (Wildman–Crippen LogP) is 1.96. The van der Waals surface area contributed by atoms with Crippen LogP contribution in [0.4, 0.5) is 17.2 Å². The molecule has 0 saturated carbocycles. The van der Waals surface area contributed by atoms with Gasteiger partial charge < -0.3 is 31.3 Å². The van der Waals surface area contributed by atoms with E-state index in [2.05, 4.69) is 15.7 Å². The van der Waals surface area contributed by atoms with E-state index >= 15 is 0 Å². The van der Waals surface area contributed by atoms with E-state index in [0.717, 1.165) is 24.3 Å². The van der Waals surface area contributed by atoms with Gasteiger partial charge in [-0.2, -0.15) is 4.68 Å². The normalized spacial score (nSPS) is 13.1. The maximum atomic E-state index is 10.8. The maximum absolute atomic E-state index is 10.8. The van der Waals surface area contributed by atoms with E-state index in [1.165, 1.54) is 37.1 Å². The molecule has 1 saturated heterocycles. The molecule has 0 bridgehead atoms. The van der Waals surface area contributed by atoms with Crippen LogP contribution < -0.4 is 16.4 Å². The van der Waals surface area contributed by atoms with Crippen LogP contribution in [0.15, 0.2) is 24.3 Å². The van der Waals surface area contributed by atoms with Gasteiger partial charge in [0.05, 0.1) is 23.9 Å². The van der Waals surface area contributed by atoms with E-state index in [4.69, 9.17) is 10.5 Å². The molecule has 0 spiro atoms. The molecule has 1 aliphatic heterocycles. The first kappa shape index (κ1) is 21.1. The number of hydrogen-bond donors (Lipinski definition) is 2. The van der Waals surface area contributed by atoms with E-state index in [1.54, 1.807) is 7.05 Å². The van der Waals surface area contributed by atoms with E-state index in [0.29, 0.717) is 11.4 Å². The van der Waals surface area contributed by atoms with Gasteiger partial charge in [0.15, 0.2) is 0 Å². The first-order valence-corrected chi connectivity index (χ1v) is 8.26. The minimum Gasteiger partial charge on any atom is -0.398 e. The molecule has 4 N–H and O–H groups in total. The third-order valence-corrected chi connectivity index (χ3v) is 4.09. The van der Waals surface area contributed by atoms with Crippen LogP contribution in [0.1, 0.15) is 19.3 Å². The number of anilines is 2. The van der Waals surface area contributed by atoms with Crippen molar-refractivity contribution in [1.82, 2.24) is 9.78 Å². The molecule has 9 nitrogen and oxygen atoms in total. The number of nitrogen functional groups attached to an aromatic ring is 1. The number of hydrogen-bond acceptors (Lipinski definition) is 7. The van der Waals surface area contributed by atoms with Crippen molar-refractivity contribution in [3.05, 3.63) is 34.4 Å². The number of carbonyl (C=O) groups excluding carboxylic acids is 1. The zero-order valence-electron chi connectivity index (χ0n) is 15.2. The van der Waals surface area contributed by atoms with Crippen LogP contribution in [0.5, 0.6) is 0 Å². The number of nitro groups is 1. The second-order valence-corrected chi connectivity index (χ2v) is 5.59. The van der Waals surface area contributed by atoms with Gasteiger partial charge in [0, 0.05) is 30.0 Å². The number of aryl methyl sites for hydroxylation is 1. The molecule has 2 heterocycles. The SMILES string of the molecule is C=O.CN.Cn1nc([N+](=O)[O-])cc1-c1ccc(N2CCCCC2)cc1N. The summed E-state index contributed by atoms with van der Waals surface area (Å²) in [4.78, 5) is 20.7. The first-order valence-electron chi connectivity index (χ1n) is 8.26. The zero-order valence-corrected chi connectivity index (χ0v) is 15.2. The van der Waals surface area contributed by atoms with Crippen molar-refractivity contribution in [2.24, 2.45) is 12.8 Å². The van der Waals surface area contributed by atoms with Gasteiger partial charge in [-0.25, -0.2) is 0 Å². The Morgan fingerprint density at radius 3 is 2.27 bits per heavy atom. The Kier molecular flexibility index (Phi) is 8.23. The Bertz CT molecular complexity index is 725. The molecule has 0 unspecified atom stereocenters. The highest BCUT2D eigenvalue weighted by molar-refractivity contribution is 5.78. The van der Waals surface area contributed by atoms with Gasteiger partial charge in [0.2, 0.25) is 0 Å². The van der Waals surface area contributed by atoms with Gasteiger partial charge in [-0.05, 0) is 49.4 Å². The summed E-state index contributed by atoms with van der Waals surface area (Å²) < 4.78 is 1.49. The minimum atomic E-state index is -0.498. The summed E-state index contributed by atoms with van der Waals surface area (Å²) in [6.45, 7) is 4.10. The third kappa shape index (κ3) is 4.79. The van der Waals surface area contributed by atoms with E-state index in [-0.39, 0.29) is 5.82 Å². The van der Waals surface area contributed by atoms with Crippen molar-refractivity contribution in [3.8, 4) is 11.3 Å². The molecule has 142 valence electrons. The molecule has 0 amide bonds. The number of nitrogens with zero attached hydrogens (tertiary/aromatic N) is 4. The second-order valence-electron chi connectivity index (χ2n) is 5.59. The Labute approximate surface area is 152 Å². The lowest BCUT2D eigenvalue weighted by atomic mass is 10.1. The molecule has 9 heteroatoms. The van der Waals surface area contributed by atoms with Gasteiger partial charge in [-0.15, -0.1) is 0 Å². The first-order chi connectivity index (χ1) is 12.6. The number of piperidine rings is 1. The van der Waals surface area contributed by atoms with Gasteiger partial charge >= 0.3 is 5.82 Å². The highest BCUT2D eigenvalue weighted by atomic mass is 16.6. The Hall–Kier alpha value is -2.94. The molecule has 3 rings (SSSR count). The van der Waals surface area contributed by atoms with Crippen molar-refractivity contribution < 1.29 is 9.72 Å². The predicted molar refractivity (Wildman–Crippen MR) is 103 cm³/mol. The molecular formula is C17H26N6O3. The lowest BCUT2D eigenvalue weighted by molar-refractivity contribution is -0.389. The molecule has 0 aliphatic carbocycles. The number of rotatable bonds is 3. The van der Waals surface area contributed by atoms with Crippen LogP contribution in [0.3, 0.4) is 0 Å². The van der Waals surface area contributed by atoms with E-state index in [1.807, 2.05) is 25.0 Å². The molecule has 1 aliphatic rings. The molecule has 1 aromatic carbocycles. The molecule has 2 aromatic rings. The summed E-state index contributed by atoms with van der Waals surface area (Å²) in [7, 11) is 3.18. The lowest BCUT2D eigenvalue weighted by Gasteiger charge is -2.29. The maximum Gasteiger partial charge on any atom is 0.390 e. The largest absolute Gasteiger partial charge is 0.398 e. The lowest BCUT2D eigenvalue weighted by Crippen LogP contribution is -2.29. The highest BCUT2D eigenvalue weighted by Crippen LogP contribution is 2.32. The second kappa shape index (κ2) is 10.1. The van der Waals surface area contributed by atoms with Crippen LogP contribution in [-0.2, 0) is 11.8 Å². The van der Waals surface area contributed by atoms with Crippen LogP contribution in [0, 0.1) is 10.1 Å². The Morgan fingerprint density at radius 1 is 1.15 bits per heavy atom. The number of carbonyl (C=O) groups is 1. The monoisotopic (exact) mass is 362 g/mol. The van der Waals surface area contributed by atoms with Gasteiger partial charge in [-0.1, -0.05) is 0 Å². The van der Waals surface area contributed by atoms with Gasteiger partial charge in [0.1, 0.15) is 6.79 Å². The molecule has 0 atom stereocenters. The summed E-state index contributed by atoms with van der Waals surface area (Å²) in [5, 5.41) is 14.7. The van der Waals surface area contributed by atoms with Crippen molar-refractivity contribution in [3.63, 3.8) is 0 Å². The smallest absolute Gasteiger partial charge is 0.390 e. The van der Waals surface area contributed by atoms with Crippen molar-refractivity contribution >= 4 is 24.0 Å². The molecule has 26 heavy (non-hydrogen) atoms. The average Bonchev–Trinajstić information content (AvgIpc) is 3.07. The zero-order chi connectivity index (χ0) is 19.7. The fourth-order valence-corrected chi connectivity index (χ4v) is 2.93. The highest BCUT2D eigenvalue weighted by Gasteiger charge is 2.19. The van der Waals surface area contributed by atoms with Crippen LogP contribution >= 0.6 is 0 Å². The Balaban J connectivity index is 0.000000791. The average molecular weight is 362 g/mol. The summed E-state index contributed by atoms with van der Waals surface area (Å²) in [6.07, 6.45) is 3.69. The molecular weight excluding hydrogens is 336 g/mol. The summed E-state index contributed by atoms with van der Waals surface area (Å²) in [6, 6.07) is 7.33. The molecule has 1 fully saturated rings. The van der Waals surface area contributed by atoms with Crippen molar-refractivity contribution in [2.45, 2.75) is 19.3 Å². The Morgan fingerprint density at radius 2 is 1.77 bits per heavy atom. The number of benzene rings is 1. The van der Waals surface area contributed by atoms with Gasteiger partial charge in [0.25, 0.3) is 0 Å². The topological polar surface area (TPSA) is 133 Å². The van der Waals surface area contributed by atoms with E-state index in [9.17, 15) is 10.1 Å². The number of nitrogens with two attached hydrogens (primary N) is 2. The van der Waals surface area contributed by atoms with E-state index < -0.39 is 4.92 Å². The molecule has 1 aromatic heterocycles. The quantitative estimate of drug-likeness (QED) is 0.484. The third-order valence-electron chi connectivity index (χ3n) is 4.09.